The molecule has 1 saturated heterocycles. The van der Waals surface area contributed by atoms with Gasteiger partial charge in [0.1, 0.15) is 5.75 Å². The van der Waals surface area contributed by atoms with Gasteiger partial charge in [-0.1, -0.05) is 6.07 Å². The molecule has 1 heterocycles. The maximum Gasteiger partial charge on any atom is 0.119 e. The highest BCUT2D eigenvalue weighted by Crippen LogP contribution is 2.22. The Balaban J connectivity index is 2.19. The molecule has 0 amide bonds. The minimum Gasteiger partial charge on any atom is -0.497 e. The van der Waals surface area contributed by atoms with Gasteiger partial charge in [0.05, 0.1) is 7.11 Å². The van der Waals surface area contributed by atoms with Gasteiger partial charge in [-0.15, -0.1) is 0 Å². The molecule has 1 aromatic carbocycles. The maximum absolute atomic E-state index is 5.20. The van der Waals surface area contributed by atoms with E-state index in [-0.39, 0.29) is 0 Å². The lowest BCUT2D eigenvalue weighted by Gasteiger charge is -2.26. The Bertz CT molecular complexity index is 332. The average Bonchev–Trinajstić information content (AvgIpc) is 2.30. The van der Waals surface area contributed by atoms with Crippen LogP contribution in [0.5, 0.6) is 5.75 Å². The third kappa shape index (κ3) is 2.30. The number of benzene rings is 1. The number of hydrogen-bond acceptors (Lipinski definition) is 3. The number of rotatable bonds is 2. The summed E-state index contributed by atoms with van der Waals surface area (Å²) in [5.41, 5.74) is 2.65. The summed E-state index contributed by atoms with van der Waals surface area (Å²) >= 11 is 0. The monoisotopic (exact) mass is 206 g/mol. The van der Waals surface area contributed by atoms with E-state index in [1.165, 1.54) is 11.1 Å². The number of methoxy groups -OCH3 is 1. The van der Waals surface area contributed by atoms with E-state index < -0.39 is 0 Å². The van der Waals surface area contributed by atoms with Crippen LogP contribution in [-0.2, 0) is 0 Å². The predicted octanol–water partition coefficient (Wildman–Crippen LogP) is 1.24. The Hall–Kier alpha value is -1.06. The second-order valence-electron chi connectivity index (χ2n) is 3.93. The average molecular weight is 206 g/mol. The third-order valence-electron chi connectivity index (χ3n) is 2.89. The molecule has 3 nitrogen and oxygen atoms in total. The third-order valence-corrected chi connectivity index (χ3v) is 2.89. The fraction of sp³-hybridized carbons (Fsp3) is 0.500. The van der Waals surface area contributed by atoms with Crippen molar-refractivity contribution in [3.05, 3.63) is 29.3 Å². The molecule has 1 atom stereocenters. The van der Waals surface area contributed by atoms with Gasteiger partial charge < -0.3 is 15.4 Å². The van der Waals surface area contributed by atoms with E-state index in [0.29, 0.717) is 6.04 Å². The molecule has 2 N–H and O–H groups in total. The number of nitrogens with one attached hydrogen (secondary N) is 2. The van der Waals surface area contributed by atoms with Gasteiger partial charge in [-0.05, 0) is 30.2 Å². The van der Waals surface area contributed by atoms with Crippen molar-refractivity contribution in [2.24, 2.45) is 0 Å². The summed E-state index contributed by atoms with van der Waals surface area (Å²) in [6.07, 6.45) is 0. The van der Waals surface area contributed by atoms with Crippen molar-refractivity contribution >= 4 is 0 Å². The van der Waals surface area contributed by atoms with Crippen molar-refractivity contribution in [3.63, 3.8) is 0 Å². The first-order valence-corrected chi connectivity index (χ1v) is 5.40. The van der Waals surface area contributed by atoms with Crippen LogP contribution in [0.3, 0.4) is 0 Å². The fourth-order valence-electron chi connectivity index (χ4n) is 2.04. The molecule has 0 spiro atoms. The van der Waals surface area contributed by atoms with Crippen molar-refractivity contribution < 1.29 is 4.74 Å². The van der Waals surface area contributed by atoms with Gasteiger partial charge in [-0.2, -0.15) is 0 Å². The molecule has 0 radical (unpaired) electrons. The summed E-state index contributed by atoms with van der Waals surface area (Å²) in [7, 11) is 1.70. The van der Waals surface area contributed by atoms with E-state index in [1.807, 2.05) is 6.07 Å². The predicted molar refractivity (Wildman–Crippen MR) is 61.3 cm³/mol. The fourth-order valence-corrected chi connectivity index (χ4v) is 2.04. The van der Waals surface area contributed by atoms with E-state index in [9.17, 15) is 0 Å². The van der Waals surface area contributed by atoms with E-state index in [4.69, 9.17) is 4.74 Å². The molecule has 82 valence electrons. The van der Waals surface area contributed by atoms with E-state index >= 15 is 0 Å². The van der Waals surface area contributed by atoms with Crippen molar-refractivity contribution in [2.75, 3.05) is 26.7 Å². The lowest BCUT2D eigenvalue weighted by molar-refractivity contribution is 0.411. The summed E-state index contributed by atoms with van der Waals surface area (Å²) < 4.78 is 5.20. The molecule has 1 aliphatic rings. The second-order valence-corrected chi connectivity index (χ2v) is 3.93. The van der Waals surface area contributed by atoms with Crippen LogP contribution < -0.4 is 15.4 Å². The zero-order valence-corrected chi connectivity index (χ0v) is 9.34. The molecule has 0 bridgehead atoms. The van der Waals surface area contributed by atoms with Crippen LogP contribution >= 0.6 is 0 Å². The summed E-state index contributed by atoms with van der Waals surface area (Å²) in [4.78, 5) is 0. The Morgan fingerprint density at radius 2 is 2.20 bits per heavy atom. The van der Waals surface area contributed by atoms with Crippen LogP contribution in [0.15, 0.2) is 18.2 Å². The molecule has 1 aliphatic heterocycles. The second kappa shape index (κ2) is 4.64. The van der Waals surface area contributed by atoms with Crippen LogP contribution in [-0.4, -0.2) is 26.7 Å². The van der Waals surface area contributed by atoms with Gasteiger partial charge in [0.2, 0.25) is 0 Å². The summed E-state index contributed by atoms with van der Waals surface area (Å²) in [5.74, 6) is 0.931. The van der Waals surface area contributed by atoms with Crippen LogP contribution in [0.1, 0.15) is 17.2 Å². The molecule has 0 aliphatic carbocycles. The summed E-state index contributed by atoms with van der Waals surface area (Å²) in [6.45, 7) is 5.24. The highest BCUT2D eigenvalue weighted by Gasteiger charge is 2.15. The Morgan fingerprint density at radius 3 is 2.80 bits per heavy atom. The van der Waals surface area contributed by atoms with Gasteiger partial charge >= 0.3 is 0 Å². The van der Waals surface area contributed by atoms with E-state index in [2.05, 4.69) is 29.7 Å². The highest BCUT2D eigenvalue weighted by molar-refractivity contribution is 5.37. The SMILES string of the molecule is COc1ccc([C@@H]2CNCCN2)c(C)c1. The molecule has 1 aromatic rings. The van der Waals surface area contributed by atoms with Crippen molar-refractivity contribution in [2.45, 2.75) is 13.0 Å². The van der Waals surface area contributed by atoms with Crippen LogP contribution in [0, 0.1) is 6.92 Å². The highest BCUT2D eigenvalue weighted by atomic mass is 16.5. The number of piperazine rings is 1. The molecule has 1 fully saturated rings. The Labute approximate surface area is 90.8 Å². The van der Waals surface area contributed by atoms with E-state index in [1.54, 1.807) is 7.11 Å². The van der Waals surface area contributed by atoms with Crippen LogP contribution in [0.4, 0.5) is 0 Å². The lowest BCUT2D eigenvalue weighted by Crippen LogP contribution is -2.42. The first-order valence-electron chi connectivity index (χ1n) is 5.40. The van der Waals surface area contributed by atoms with Gasteiger partial charge in [0, 0.05) is 25.7 Å². The molecule has 0 unspecified atom stereocenters. The van der Waals surface area contributed by atoms with Crippen molar-refractivity contribution in [1.29, 1.82) is 0 Å². The first-order chi connectivity index (χ1) is 7.31. The number of hydrogen-bond donors (Lipinski definition) is 2. The molecule has 15 heavy (non-hydrogen) atoms. The normalized spacial score (nSPS) is 21.3. The lowest BCUT2D eigenvalue weighted by atomic mass is 10.00. The number of ether oxygens (including phenoxy) is 1. The quantitative estimate of drug-likeness (QED) is 0.763. The molecule has 2 rings (SSSR count). The zero-order valence-electron chi connectivity index (χ0n) is 9.34. The minimum absolute atomic E-state index is 0.435. The summed E-state index contributed by atoms with van der Waals surface area (Å²) in [5, 5.41) is 6.91. The molecular weight excluding hydrogens is 188 g/mol. The maximum atomic E-state index is 5.20. The topological polar surface area (TPSA) is 33.3 Å². The van der Waals surface area contributed by atoms with Crippen LogP contribution in [0.2, 0.25) is 0 Å². The van der Waals surface area contributed by atoms with E-state index in [0.717, 1.165) is 25.4 Å². The minimum atomic E-state index is 0.435. The van der Waals surface area contributed by atoms with Crippen molar-refractivity contribution in [1.82, 2.24) is 10.6 Å². The molecule has 0 aromatic heterocycles. The Kier molecular flexibility index (Phi) is 3.23. The van der Waals surface area contributed by atoms with Gasteiger partial charge in [-0.25, -0.2) is 0 Å². The number of aryl methyl sites for hydroxylation is 1. The summed E-state index contributed by atoms with van der Waals surface area (Å²) in [6, 6.07) is 6.70. The first kappa shape index (κ1) is 10.5. The van der Waals surface area contributed by atoms with Gasteiger partial charge in [0.25, 0.3) is 0 Å². The van der Waals surface area contributed by atoms with Crippen molar-refractivity contribution in [3.8, 4) is 5.75 Å². The van der Waals surface area contributed by atoms with Crippen LogP contribution in [0.25, 0.3) is 0 Å². The Morgan fingerprint density at radius 1 is 1.33 bits per heavy atom. The molecule has 3 heteroatoms. The zero-order chi connectivity index (χ0) is 10.7. The molecule has 0 saturated carbocycles. The van der Waals surface area contributed by atoms with Gasteiger partial charge in [0.15, 0.2) is 0 Å². The largest absolute Gasteiger partial charge is 0.497 e. The smallest absolute Gasteiger partial charge is 0.119 e. The van der Waals surface area contributed by atoms with Gasteiger partial charge in [-0.3, -0.25) is 0 Å². The molecular formula is C12H18N2O. The standard InChI is InChI=1S/C12H18N2O/c1-9-7-10(15-2)3-4-11(9)12-8-13-5-6-14-12/h3-4,7,12-14H,5-6,8H2,1-2H3/t12-/m0/s1.